The Morgan fingerprint density at radius 3 is 2.38 bits per heavy atom. The van der Waals surface area contributed by atoms with Crippen LogP contribution in [0.1, 0.15) is 46.0 Å². The van der Waals surface area contributed by atoms with E-state index in [0.717, 1.165) is 25.1 Å². The second kappa shape index (κ2) is 9.37. The highest BCUT2D eigenvalue weighted by molar-refractivity contribution is 5.70. The Morgan fingerprint density at radius 2 is 1.81 bits per heavy atom. The number of carboxylic acid groups (broad SMARTS) is 1. The highest BCUT2D eigenvalue weighted by Crippen LogP contribution is 2.18. The number of nitrogens with zero attached hydrogens (tertiary/aromatic N) is 1. The van der Waals surface area contributed by atoms with Crippen molar-refractivity contribution in [1.82, 2.24) is 0 Å². The molecule has 0 radical (unpaired) electrons. The van der Waals surface area contributed by atoms with Crippen molar-refractivity contribution in [2.24, 2.45) is 5.92 Å². The third-order valence-corrected chi connectivity index (χ3v) is 3.64. The molecule has 0 aliphatic carbocycles. The zero-order chi connectivity index (χ0) is 15.7. The van der Waals surface area contributed by atoms with Gasteiger partial charge in [-0.1, -0.05) is 39.5 Å². The van der Waals surface area contributed by atoms with E-state index in [1.54, 1.807) is 19.1 Å². The molecule has 0 fully saturated rings. The van der Waals surface area contributed by atoms with Crippen molar-refractivity contribution in [2.75, 3.05) is 18.0 Å². The molecule has 0 bridgehead atoms. The minimum absolute atomic E-state index is 0.270. The average molecular weight is 295 g/mol. The fourth-order valence-electron chi connectivity index (χ4n) is 2.29. The maximum Gasteiger partial charge on any atom is 0.308 e. The van der Waals surface area contributed by atoms with Crippen LogP contribution in [0.2, 0.25) is 0 Å². The normalized spacial score (nSPS) is 12.1. The summed E-state index contributed by atoms with van der Waals surface area (Å²) in [7, 11) is 0. The van der Waals surface area contributed by atoms with Gasteiger partial charge in [0.1, 0.15) is 5.82 Å². The van der Waals surface area contributed by atoms with Crippen LogP contribution in [0.3, 0.4) is 0 Å². The lowest BCUT2D eigenvalue weighted by molar-refractivity contribution is -0.140. The molecule has 0 saturated heterocycles. The topological polar surface area (TPSA) is 40.5 Å². The number of hydrogen-bond acceptors (Lipinski definition) is 2. The lowest BCUT2D eigenvalue weighted by Gasteiger charge is -2.26. The molecule has 4 heteroatoms. The van der Waals surface area contributed by atoms with E-state index in [2.05, 4.69) is 6.92 Å². The van der Waals surface area contributed by atoms with E-state index in [-0.39, 0.29) is 5.82 Å². The molecule has 0 aliphatic rings. The summed E-state index contributed by atoms with van der Waals surface area (Å²) in [5, 5.41) is 9.08. The Morgan fingerprint density at radius 1 is 1.19 bits per heavy atom. The highest BCUT2D eigenvalue weighted by Gasteiger charge is 2.16. The van der Waals surface area contributed by atoms with Gasteiger partial charge in [-0.25, -0.2) is 4.39 Å². The van der Waals surface area contributed by atoms with E-state index in [0.29, 0.717) is 6.54 Å². The summed E-state index contributed by atoms with van der Waals surface area (Å²) >= 11 is 0. The number of unbranched alkanes of at least 4 members (excludes halogenated alkanes) is 4. The zero-order valence-electron chi connectivity index (χ0n) is 13.0. The molecule has 0 saturated carbocycles. The van der Waals surface area contributed by atoms with E-state index < -0.39 is 11.9 Å². The molecule has 1 rings (SSSR count). The van der Waals surface area contributed by atoms with E-state index in [4.69, 9.17) is 5.11 Å². The largest absolute Gasteiger partial charge is 0.481 e. The number of anilines is 1. The minimum atomic E-state index is -0.798. The molecule has 1 N–H and O–H groups in total. The number of carboxylic acids is 1. The van der Waals surface area contributed by atoms with Gasteiger partial charge in [0.15, 0.2) is 0 Å². The van der Waals surface area contributed by atoms with Gasteiger partial charge in [-0.2, -0.15) is 0 Å². The van der Waals surface area contributed by atoms with Gasteiger partial charge in [0, 0.05) is 18.8 Å². The summed E-state index contributed by atoms with van der Waals surface area (Å²) in [4.78, 5) is 13.1. The molecule has 0 aromatic heterocycles. The number of hydrogen-bond donors (Lipinski definition) is 1. The second-order valence-corrected chi connectivity index (χ2v) is 5.58. The summed E-state index contributed by atoms with van der Waals surface area (Å²) in [6.07, 6.45) is 5.83. The quantitative estimate of drug-likeness (QED) is 0.653. The molecular formula is C17H26FNO2. The van der Waals surface area contributed by atoms with Crippen LogP contribution in [0.15, 0.2) is 24.3 Å². The van der Waals surface area contributed by atoms with E-state index >= 15 is 0 Å². The van der Waals surface area contributed by atoms with Crippen molar-refractivity contribution in [2.45, 2.75) is 46.0 Å². The molecule has 21 heavy (non-hydrogen) atoms. The second-order valence-electron chi connectivity index (χ2n) is 5.58. The SMILES string of the molecule is CCCCCCCN(CC(C)C(=O)O)c1ccc(F)cc1. The smallest absolute Gasteiger partial charge is 0.308 e. The molecule has 1 atom stereocenters. The van der Waals surface area contributed by atoms with Gasteiger partial charge < -0.3 is 10.0 Å². The Hall–Kier alpha value is -1.58. The van der Waals surface area contributed by atoms with Gasteiger partial charge in [-0.3, -0.25) is 4.79 Å². The number of carbonyl (C=O) groups is 1. The summed E-state index contributed by atoms with van der Waals surface area (Å²) in [6.45, 7) is 5.15. The molecule has 3 nitrogen and oxygen atoms in total. The molecule has 1 aromatic rings. The van der Waals surface area contributed by atoms with Crippen molar-refractivity contribution in [3.05, 3.63) is 30.1 Å². The van der Waals surface area contributed by atoms with Gasteiger partial charge in [0.2, 0.25) is 0 Å². The first kappa shape index (κ1) is 17.5. The number of aliphatic carboxylic acids is 1. The molecule has 0 aliphatic heterocycles. The maximum atomic E-state index is 13.0. The summed E-state index contributed by atoms with van der Waals surface area (Å²) in [6, 6.07) is 6.28. The number of halogens is 1. The minimum Gasteiger partial charge on any atom is -0.481 e. The average Bonchev–Trinajstić information content (AvgIpc) is 2.46. The van der Waals surface area contributed by atoms with Crippen LogP contribution in [-0.2, 0) is 4.79 Å². The Balaban J connectivity index is 2.61. The predicted molar refractivity (Wildman–Crippen MR) is 84.2 cm³/mol. The molecule has 1 unspecified atom stereocenters. The predicted octanol–water partition coefficient (Wildman–Crippen LogP) is 4.32. The van der Waals surface area contributed by atoms with Crippen LogP contribution in [0.25, 0.3) is 0 Å². The Bertz CT molecular complexity index is 419. The Labute approximate surface area is 126 Å². The maximum absolute atomic E-state index is 13.0. The van der Waals surface area contributed by atoms with E-state index in [1.165, 1.54) is 31.4 Å². The van der Waals surface area contributed by atoms with E-state index in [1.807, 2.05) is 4.90 Å². The molecule has 0 amide bonds. The monoisotopic (exact) mass is 295 g/mol. The van der Waals surface area contributed by atoms with Crippen molar-refractivity contribution in [3.8, 4) is 0 Å². The van der Waals surface area contributed by atoms with Crippen molar-refractivity contribution in [3.63, 3.8) is 0 Å². The van der Waals surface area contributed by atoms with Crippen LogP contribution >= 0.6 is 0 Å². The lowest BCUT2D eigenvalue weighted by atomic mass is 10.1. The van der Waals surface area contributed by atoms with Gasteiger partial charge in [0.05, 0.1) is 5.92 Å². The van der Waals surface area contributed by atoms with Gasteiger partial charge in [-0.15, -0.1) is 0 Å². The summed E-state index contributed by atoms with van der Waals surface area (Å²) < 4.78 is 13.0. The molecule has 118 valence electrons. The first-order chi connectivity index (χ1) is 10.0. The summed E-state index contributed by atoms with van der Waals surface area (Å²) in [5.74, 6) is -1.51. The highest BCUT2D eigenvalue weighted by atomic mass is 19.1. The van der Waals surface area contributed by atoms with Crippen molar-refractivity contribution < 1.29 is 14.3 Å². The number of benzene rings is 1. The summed E-state index contributed by atoms with van der Waals surface area (Å²) in [5.41, 5.74) is 0.889. The first-order valence-electron chi connectivity index (χ1n) is 7.78. The van der Waals surface area contributed by atoms with Crippen LogP contribution in [0.5, 0.6) is 0 Å². The fraction of sp³-hybridized carbons (Fsp3) is 0.588. The third kappa shape index (κ3) is 6.61. The zero-order valence-corrected chi connectivity index (χ0v) is 13.0. The van der Waals surface area contributed by atoms with Crippen LogP contribution in [0, 0.1) is 11.7 Å². The van der Waals surface area contributed by atoms with Crippen molar-refractivity contribution >= 4 is 11.7 Å². The third-order valence-electron chi connectivity index (χ3n) is 3.64. The fourth-order valence-corrected chi connectivity index (χ4v) is 2.29. The van der Waals surface area contributed by atoms with Gasteiger partial charge in [-0.05, 0) is 30.7 Å². The molecule has 0 spiro atoms. The molecule has 1 aromatic carbocycles. The van der Waals surface area contributed by atoms with Crippen LogP contribution < -0.4 is 4.90 Å². The van der Waals surface area contributed by atoms with E-state index in [9.17, 15) is 9.18 Å². The van der Waals surface area contributed by atoms with Gasteiger partial charge in [0.25, 0.3) is 0 Å². The van der Waals surface area contributed by atoms with Crippen LogP contribution in [0.4, 0.5) is 10.1 Å². The van der Waals surface area contributed by atoms with Crippen LogP contribution in [-0.4, -0.2) is 24.2 Å². The Kier molecular flexibility index (Phi) is 7.80. The van der Waals surface area contributed by atoms with Gasteiger partial charge >= 0.3 is 5.97 Å². The number of rotatable bonds is 10. The first-order valence-corrected chi connectivity index (χ1v) is 7.78. The van der Waals surface area contributed by atoms with Crippen molar-refractivity contribution in [1.29, 1.82) is 0 Å². The molecular weight excluding hydrogens is 269 g/mol. The lowest BCUT2D eigenvalue weighted by Crippen LogP contribution is -2.32. The standard InChI is InChI=1S/C17H26FNO2/c1-3-4-5-6-7-12-19(13-14(2)17(20)21)16-10-8-15(18)9-11-16/h8-11,14H,3-7,12-13H2,1-2H3,(H,20,21). The molecule has 0 heterocycles.